The molecule has 0 amide bonds. The molecule has 264 valence electrons. The first-order valence-electron chi connectivity index (χ1n) is 19.2. The van der Waals surface area contributed by atoms with Gasteiger partial charge in [-0.2, -0.15) is 0 Å². The minimum atomic E-state index is 1.10. The number of para-hydroxylation sites is 2. The molecule has 0 bridgehead atoms. The molecule has 0 aromatic heterocycles. The van der Waals surface area contributed by atoms with Crippen LogP contribution < -0.4 is 9.80 Å². The highest BCUT2D eigenvalue weighted by Crippen LogP contribution is 2.51. The molecule has 0 saturated carbocycles. The van der Waals surface area contributed by atoms with E-state index in [0.29, 0.717) is 0 Å². The van der Waals surface area contributed by atoms with Gasteiger partial charge in [-0.05, 0) is 111 Å². The zero-order valence-corrected chi connectivity index (χ0v) is 30.8. The highest BCUT2D eigenvalue weighted by molar-refractivity contribution is 6.03. The first kappa shape index (κ1) is 33.2. The van der Waals surface area contributed by atoms with E-state index in [2.05, 4.69) is 240 Å². The standard InChI is InChI=1S/C54H38N2/c1-4-14-39(15-5-1)41-24-31-46(32-25-41)55(45-18-8-3-9-19-45)47-33-28-43(29-34-47)44-30-37-54-52(38-44)50-21-11-10-20-49(50)51-22-12-13-23-53(51)56(54)48-35-26-42(27-36-48)40-16-6-2-7-17-40/h1-38H. The minimum absolute atomic E-state index is 1.10. The molecule has 1 aliphatic heterocycles. The molecule has 0 N–H and O–H groups in total. The van der Waals surface area contributed by atoms with Crippen molar-refractivity contribution in [1.29, 1.82) is 0 Å². The van der Waals surface area contributed by atoms with Crippen molar-refractivity contribution < 1.29 is 0 Å². The molecule has 10 rings (SSSR count). The number of fused-ring (bicyclic) bond motifs is 5. The zero-order valence-electron chi connectivity index (χ0n) is 30.8. The van der Waals surface area contributed by atoms with Crippen LogP contribution in [0.25, 0.3) is 55.6 Å². The summed E-state index contributed by atoms with van der Waals surface area (Å²) in [7, 11) is 0. The summed E-state index contributed by atoms with van der Waals surface area (Å²) in [5.74, 6) is 0. The summed E-state index contributed by atoms with van der Waals surface area (Å²) < 4.78 is 0. The van der Waals surface area contributed by atoms with E-state index in [1.165, 1.54) is 61.3 Å². The van der Waals surface area contributed by atoms with Crippen molar-refractivity contribution in [3.8, 4) is 55.6 Å². The van der Waals surface area contributed by atoms with Crippen molar-refractivity contribution in [3.63, 3.8) is 0 Å². The maximum atomic E-state index is 2.42. The van der Waals surface area contributed by atoms with E-state index in [-0.39, 0.29) is 0 Å². The van der Waals surface area contributed by atoms with E-state index >= 15 is 0 Å². The number of rotatable bonds is 7. The second-order valence-electron chi connectivity index (χ2n) is 14.2. The monoisotopic (exact) mass is 714 g/mol. The fourth-order valence-corrected chi connectivity index (χ4v) is 8.08. The molecule has 0 spiro atoms. The number of anilines is 6. The van der Waals surface area contributed by atoms with Crippen molar-refractivity contribution in [2.45, 2.75) is 0 Å². The number of nitrogens with zero attached hydrogens (tertiary/aromatic N) is 2. The largest absolute Gasteiger partial charge is 0.311 e. The third-order valence-corrected chi connectivity index (χ3v) is 10.8. The summed E-state index contributed by atoms with van der Waals surface area (Å²) in [4.78, 5) is 4.75. The van der Waals surface area contributed by atoms with Crippen LogP contribution in [0.1, 0.15) is 0 Å². The summed E-state index contributed by atoms with van der Waals surface area (Å²) in [6.45, 7) is 0. The van der Waals surface area contributed by atoms with Gasteiger partial charge < -0.3 is 9.80 Å². The molecule has 0 radical (unpaired) electrons. The highest BCUT2D eigenvalue weighted by Gasteiger charge is 2.26. The Hall–Kier alpha value is -7.42. The lowest BCUT2D eigenvalue weighted by Crippen LogP contribution is -2.11. The van der Waals surface area contributed by atoms with Gasteiger partial charge in [0.15, 0.2) is 0 Å². The summed E-state index contributed by atoms with van der Waals surface area (Å²) >= 11 is 0. The molecule has 2 nitrogen and oxygen atoms in total. The highest BCUT2D eigenvalue weighted by atomic mass is 15.2. The van der Waals surface area contributed by atoms with Gasteiger partial charge in [0, 0.05) is 33.9 Å². The van der Waals surface area contributed by atoms with Crippen LogP contribution in [0.3, 0.4) is 0 Å². The van der Waals surface area contributed by atoms with Gasteiger partial charge in [-0.25, -0.2) is 0 Å². The van der Waals surface area contributed by atoms with Crippen LogP contribution in [-0.4, -0.2) is 0 Å². The van der Waals surface area contributed by atoms with Crippen LogP contribution in [-0.2, 0) is 0 Å². The third kappa shape index (κ3) is 6.14. The number of benzene rings is 9. The molecule has 1 heterocycles. The average molecular weight is 715 g/mol. The topological polar surface area (TPSA) is 6.48 Å². The van der Waals surface area contributed by atoms with Gasteiger partial charge in [0.05, 0.1) is 11.4 Å². The maximum absolute atomic E-state index is 2.42. The minimum Gasteiger partial charge on any atom is -0.311 e. The summed E-state index contributed by atoms with van der Waals surface area (Å²) in [6, 6.07) is 83.1. The molecule has 0 atom stereocenters. The Labute approximate surface area is 328 Å². The molecule has 1 aliphatic rings. The van der Waals surface area contributed by atoms with Crippen molar-refractivity contribution in [1.82, 2.24) is 0 Å². The third-order valence-electron chi connectivity index (χ3n) is 10.8. The van der Waals surface area contributed by atoms with E-state index < -0.39 is 0 Å². The first-order valence-corrected chi connectivity index (χ1v) is 19.2. The predicted molar refractivity (Wildman–Crippen MR) is 237 cm³/mol. The van der Waals surface area contributed by atoms with Gasteiger partial charge in [-0.3, -0.25) is 0 Å². The lowest BCUT2D eigenvalue weighted by Gasteiger charge is -2.28. The van der Waals surface area contributed by atoms with E-state index in [1.807, 2.05) is 0 Å². The molecule has 2 heteroatoms. The molecule has 0 fully saturated rings. The number of hydrogen-bond acceptors (Lipinski definition) is 2. The Balaban J connectivity index is 1.05. The van der Waals surface area contributed by atoms with Crippen LogP contribution in [0.2, 0.25) is 0 Å². The van der Waals surface area contributed by atoms with E-state index in [0.717, 1.165) is 28.4 Å². The fourth-order valence-electron chi connectivity index (χ4n) is 8.08. The summed E-state index contributed by atoms with van der Waals surface area (Å²) in [5, 5.41) is 0. The fraction of sp³-hybridized carbons (Fsp3) is 0. The summed E-state index contributed by atoms with van der Waals surface area (Å²) in [6.07, 6.45) is 0. The van der Waals surface area contributed by atoms with E-state index in [9.17, 15) is 0 Å². The molecule has 0 saturated heterocycles. The van der Waals surface area contributed by atoms with Crippen LogP contribution in [0, 0.1) is 0 Å². The first-order chi connectivity index (χ1) is 27.8. The second-order valence-corrected chi connectivity index (χ2v) is 14.2. The van der Waals surface area contributed by atoms with E-state index in [1.54, 1.807) is 0 Å². The predicted octanol–water partition coefficient (Wildman–Crippen LogP) is 15.3. The van der Waals surface area contributed by atoms with Gasteiger partial charge in [-0.1, -0.05) is 164 Å². The Morgan fingerprint density at radius 2 is 0.625 bits per heavy atom. The number of hydrogen-bond donors (Lipinski definition) is 0. The quantitative estimate of drug-likeness (QED) is 0.162. The van der Waals surface area contributed by atoms with Crippen molar-refractivity contribution in [2.75, 3.05) is 9.80 Å². The summed E-state index contributed by atoms with van der Waals surface area (Å²) in [5.41, 5.74) is 18.8. The Bertz CT molecular complexity index is 2760. The molecular formula is C54H38N2. The van der Waals surface area contributed by atoms with Crippen molar-refractivity contribution in [3.05, 3.63) is 231 Å². The normalized spacial score (nSPS) is 11.5. The molecule has 9 aromatic rings. The molecule has 56 heavy (non-hydrogen) atoms. The Kier molecular flexibility index (Phi) is 8.55. The van der Waals surface area contributed by atoms with Gasteiger partial charge in [0.1, 0.15) is 0 Å². The molecule has 0 unspecified atom stereocenters. The van der Waals surface area contributed by atoms with Gasteiger partial charge in [0.25, 0.3) is 0 Å². The Morgan fingerprint density at radius 3 is 1.20 bits per heavy atom. The van der Waals surface area contributed by atoms with Crippen LogP contribution in [0.4, 0.5) is 34.1 Å². The smallest absolute Gasteiger partial charge is 0.0540 e. The van der Waals surface area contributed by atoms with Crippen LogP contribution in [0.15, 0.2) is 231 Å². The van der Waals surface area contributed by atoms with Gasteiger partial charge >= 0.3 is 0 Å². The molecule has 0 aliphatic carbocycles. The second kappa shape index (κ2) is 14.4. The molecular weight excluding hydrogens is 677 g/mol. The van der Waals surface area contributed by atoms with Crippen molar-refractivity contribution >= 4 is 34.1 Å². The average Bonchev–Trinajstić information content (AvgIpc) is 3.40. The lowest BCUT2D eigenvalue weighted by molar-refractivity contribution is 1.28. The molecule has 9 aromatic carbocycles. The zero-order chi connectivity index (χ0) is 37.3. The van der Waals surface area contributed by atoms with Gasteiger partial charge in [-0.15, -0.1) is 0 Å². The van der Waals surface area contributed by atoms with Crippen LogP contribution in [0.5, 0.6) is 0 Å². The van der Waals surface area contributed by atoms with Gasteiger partial charge in [0.2, 0.25) is 0 Å². The lowest BCUT2D eigenvalue weighted by atomic mass is 9.92. The maximum Gasteiger partial charge on any atom is 0.0540 e. The van der Waals surface area contributed by atoms with E-state index in [4.69, 9.17) is 0 Å². The van der Waals surface area contributed by atoms with Crippen molar-refractivity contribution in [2.24, 2.45) is 0 Å². The SMILES string of the molecule is c1ccc(-c2ccc(N(c3ccccc3)c3ccc(-c4ccc5c(c4)-c4ccccc4-c4ccccc4N5c4ccc(-c5ccccc5)cc4)cc3)cc2)cc1. The van der Waals surface area contributed by atoms with Crippen LogP contribution >= 0.6 is 0 Å². The Morgan fingerprint density at radius 1 is 0.250 bits per heavy atom.